The van der Waals surface area contributed by atoms with Gasteiger partial charge < -0.3 is 10.7 Å². The van der Waals surface area contributed by atoms with Crippen molar-refractivity contribution in [3.63, 3.8) is 0 Å². The molecule has 0 saturated carbocycles. The Morgan fingerprint density at radius 2 is 1.93 bits per heavy atom. The molecule has 4 aromatic rings. The molecule has 0 fully saturated rings. The molecular weight excluding hydrogens is 395 g/mol. The molecular formula is C20H15FN4OS2. The van der Waals surface area contributed by atoms with Gasteiger partial charge in [0.1, 0.15) is 16.5 Å². The second-order valence-electron chi connectivity index (χ2n) is 5.92. The van der Waals surface area contributed by atoms with E-state index in [2.05, 4.69) is 15.0 Å². The number of aromatic nitrogens is 2. The molecule has 140 valence electrons. The normalized spacial score (nSPS) is 11.8. The number of fused-ring (bicyclic) bond motifs is 1. The van der Waals surface area contributed by atoms with Crippen LogP contribution in [0.25, 0.3) is 21.3 Å². The summed E-state index contributed by atoms with van der Waals surface area (Å²) in [7, 11) is 0. The third-order valence-corrected chi connectivity index (χ3v) is 5.68. The molecule has 2 aromatic heterocycles. The lowest BCUT2D eigenvalue weighted by Crippen LogP contribution is -2.12. The summed E-state index contributed by atoms with van der Waals surface area (Å²) in [5.74, 6) is 0.613. The Bertz CT molecular complexity index is 1200. The highest BCUT2D eigenvalue weighted by molar-refractivity contribution is 8.13. The lowest BCUT2D eigenvalue weighted by molar-refractivity contribution is 0.628. The molecule has 0 atom stereocenters. The zero-order chi connectivity index (χ0) is 19.5. The molecule has 0 aliphatic rings. The van der Waals surface area contributed by atoms with E-state index in [1.54, 1.807) is 12.1 Å². The molecule has 0 spiro atoms. The summed E-state index contributed by atoms with van der Waals surface area (Å²) in [4.78, 5) is 24.9. The Morgan fingerprint density at radius 1 is 1.18 bits per heavy atom. The number of aromatic amines is 1. The van der Waals surface area contributed by atoms with E-state index in [0.29, 0.717) is 27.0 Å². The summed E-state index contributed by atoms with van der Waals surface area (Å²) in [5.41, 5.74) is 8.04. The minimum absolute atomic E-state index is 0.222. The van der Waals surface area contributed by atoms with Crippen molar-refractivity contribution in [2.45, 2.75) is 5.75 Å². The molecule has 0 aliphatic heterocycles. The number of nitrogens with zero attached hydrogens (tertiary/aromatic N) is 2. The van der Waals surface area contributed by atoms with Gasteiger partial charge in [-0.05, 0) is 29.8 Å². The van der Waals surface area contributed by atoms with Crippen molar-refractivity contribution in [1.82, 2.24) is 9.97 Å². The number of nitrogens with one attached hydrogen (secondary N) is 1. The van der Waals surface area contributed by atoms with Crippen LogP contribution in [-0.4, -0.2) is 15.1 Å². The highest BCUT2D eigenvalue weighted by Gasteiger charge is 2.13. The Balaban J connectivity index is 1.58. The topological polar surface area (TPSA) is 84.1 Å². The number of hydrogen-bond acceptors (Lipinski definition) is 5. The zero-order valence-electron chi connectivity index (χ0n) is 14.6. The van der Waals surface area contributed by atoms with Gasteiger partial charge >= 0.3 is 0 Å². The van der Waals surface area contributed by atoms with Crippen LogP contribution in [0.15, 0.2) is 69.8 Å². The quantitative estimate of drug-likeness (QED) is 0.378. The maximum absolute atomic E-state index is 13.2. The number of thioether (sulfide) groups is 1. The van der Waals surface area contributed by atoms with Crippen LogP contribution in [0, 0.1) is 5.82 Å². The van der Waals surface area contributed by atoms with Gasteiger partial charge in [-0.15, -0.1) is 11.3 Å². The first-order valence-corrected chi connectivity index (χ1v) is 10.2. The molecule has 5 nitrogen and oxygen atoms in total. The van der Waals surface area contributed by atoms with Gasteiger partial charge in [0.15, 0.2) is 5.17 Å². The van der Waals surface area contributed by atoms with Crippen LogP contribution in [0.2, 0.25) is 0 Å². The molecule has 3 N–H and O–H groups in total. The van der Waals surface area contributed by atoms with Crippen LogP contribution < -0.4 is 11.3 Å². The second-order valence-corrected chi connectivity index (χ2v) is 7.78. The molecule has 0 radical (unpaired) electrons. The Hall–Kier alpha value is -2.97. The van der Waals surface area contributed by atoms with Crippen LogP contribution in [0.3, 0.4) is 0 Å². The molecule has 0 amide bonds. The number of halogens is 1. The van der Waals surface area contributed by atoms with Gasteiger partial charge in [0.2, 0.25) is 0 Å². The van der Waals surface area contributed by atoms with E-state index in [1.165, 1.54) is 35.2 Å². The van der Waals surface area contributed by atoms with Gasteiger partial charge in [0.25, 0.3) is 5.56 Å². The van der Waals surface area contributed by atoms with Crippen molar-refractivity contribution in [2.75, 3.05) is 0 Å². The first kappa shape index (κ1) is 18.4. The number of hydrogen-bond donors (Lipinski definition) is 2. The predicted molar refractivity (Wildman–Crippen MR) is 115 cm³/mol. The Morgan fingerprint density at radius 3 is 2.68 bits per heavy atom. The number of amidine groups is 1. The lowest BCUT2D eigenvalue weighted by atomic mass is 10.1. The maximum atomic E-state index is 13.2. The standard InChI is InChI=1S/C20H15FN4OS2/c21-13-8-6-12(7-9-13)15-10-27-19-17(15)18(26)24-16(25-19)11-28-20(22)23-14-4-2-1-3-5-14/h1-10H,11H2,(H2,22,23)(H,24,25,26). The second kappa shape index (κ2) is 7.95. The number of rotatable bonds is 4. The molecule has 2 aromatic carbocycles. The number of thiophene rings is 1. The van der Waals surface area contributed by atoms with Crippen LogP contribution >= 0.6 is 23.1 Å². The van der Waals surface area contributed by atoms with E-state index in [-0.39, 0.29) is 11.4 Å². The fraction of sp³-hybridized carbons (Fsp3) is 0.0500. The third-order valence-electron chi connectivity index (χ3n) is 4.00. The van der Waals surface area contributed by atoms with Crippen molar-refractivity contribution in [1.29, 1.82) is 0 Å². The summed E-state index contributed by atoms with van der Waals surface area (Å²) >= 11 is 2.69. The Kier molecular flexibility index (Phi) is 5.23. The number of benzene rings is 2. The number of nitrogens with two attached hydrogens (primary N) is 1. The van der Waals surface area contributed by atoms with Gasteiger partial charge in [-0.1, -0.05) is 42.1 Å². The first-order valence-electron chi connectivity index (χ1n) is 8.38. The minimum atomic E-state index is -0.315. The highest BCUT2D eigenvalue weighted by Crippen LogP contribution is 2.31. The van der Waals surface area contributed by atoms with Crippen LogP contribution in [0.1, 0.15) is 5.82 Å². The summed E-state index contributed by atoms with van der Waals surface area (Å²) in [6.45, 7) is 0. The molecule has 2 heterocycles. The molecule has 28 heavy (non-hydrogen) atoms. The van der Waals surface area contributed by atoms with Crippen molar-refractivity contribution in [3.05, 3.63) is 82.0 Å². The van der Waals surface area contributed by atoms with Gasteiger partial charge in [-0.3, -0.25) is 4.79 Å². The van der Waals surface area contributed by atoms with Crippen LogP contribution in [0.4, 0.5) is 10.1 Å². The van der Waals surface area contributed by atoms with E-state index >= 15 is 0 Å². The smallest absolute Gasteiger partial charge is 0.260 e. The molecule has 0 aliphatic carbocycles. The number of para-hydroxylation sites is 1. The van der Waals surface area contributed by atoms with Crippen LogP contribution in [0.5, 0.6) is 0 Å². The van der Waals surface area contributed by atoms with Crippen molar-refractivity contribution >= 4 is 44.2 Å². The lowest BCUT2D eigenvalue weighted by Gasteiger charge is -2.03. The van der Waals surface area contributed by atoms with E-state index in [4.69, 9.17) is 5.73 Å². The average molecular weight is 410 g/mol. The average Bonchev–Trinajstić information content (AvgIpc) is 3.12. The van der Waals surface area contributed by atoms with Crippen molar-refractivity contribution < 1.29 is 4.39 Å². The highest BCUT2D eigenvalue weighted by atomic mass is 32.2. The first-order chi connectivity index (χ1) is 13.6. The molecule has 0 unspecified atom stereocenters. The van der Waals surface area contributed by atoms with Gasteiger partial charge in [-0.25, -0.2) is 14.4 Å². The number of H-pyrrole nitrogens is 1. The summed E-state index contributed by atoms with van der Waals surface area (Å²) in [6.07, 6.45) is 0. The van der Waals surface area contributed by atoms with Crippen molar-refractivity contribution in [2.24, 2.45) is 10.7 Å². The van der Waals surface area contributed by atoms with E-state index in [9.17, 15) is 9.18 Å². The van der Waals surface area contributed by atoms with Crippen LogP contribution in [-0.2, 0) is 5.75 Å². The van der Waals surface area contributed by atoms with E-state index < -0.39 is 0 Å². The predicted octanol–water partition coefficient (Wildman–Crippen LogP) is 4.67. The summed E-state index contributed by atoms with van der Waals surface area (Å²) in [6, 6.07) is 15.5. The molecule has 0 saturated heterocycles. The van der Waals surface area contributed by atoms with Gasteiger partial charge in [-0.2, -0.15) is 0 Å². The van der Waals surface area contributed by atoms with Gasteiger partial charge in [0.05, 0.1) is 16.8 Å². The summed E-state index contributed by atoms with van der Waals surface area (Å²) in [5, 5.41) is 2.77. The third kappa shape index (κ3) is 3.97. The van der Waals surface area contributed by atoms with E-state index in [0.717, 1.165) is 16.8 Å². The molecule has 8 heteroatoms. The largest absolute Gasteiger partial charge is 0.378 e. The van der Waals surface area contributed by atoms with Crippen molar-refractivity contribution in [3.8, 4) is 11.1 Å². The minimum Gasteiger partial charge on any atom is -0.378 e. The monoisotopic (exact) mass is 410 g/mol. The maximum Gasteiger partial charge on any atom is 0.260 e. The Labute approximate surface area is 168 Å². The fourth-order valence-corrected chi connectivity index (χ4v) is 4.27. The SMILES string of the molecule is NC(=Nc1ccccc1)SCc1nc2scc(-c3ccc(F)cc3)c2c(=O)[nH]1. The molecule has 4 rings (SSSR count). The number of aliphatic imine (C=N–C) groups is 1. The van der Waals surface area contributed by atoms with Gasteiger partial charge in [0, 0.05) is 10.9 Å². The zero-order valence-corrected chi connectivity index (χ0v) is 16.2. The summed E-state index contributed by atoms with van der Waals surface area (Å²) < 4.78 is 13.2. The fourth-order valence-electron chi connectivity index (χ4n) is 2.71. The van der Waals surface area contributed by atoms with E-state index in [1.807, 2.05) is 35.7 Å². The molecule has 0 bridgehead atoms.